The molecule has 4 heterocycles. The first kappa shape index (κ1) is 18.6. The molecule has 2 fully saturated rings. The van der Waals surface area contributed by atoms with Crippen LogP contribution in [0.5, 0.6) is 5.88 Å². The SMILES string of the molecule is O=C(NCc1cccnc1N1CCOCC1)c1ccc(O[C@H]2CCOC2)nc1. The third-order valence-electron chi connectivity index (χ3n) is 4.79. The van der Waals surface area contributed by atoms with Crippen molar-refractivity contribution in [3.8, 4) is 5.88 Å². The molecular formula is C20H24N4O4. The average Bonchev–Trinajstić information content (AvgIpc) is 3.26. The van der Waals surface area contributed by atoms with Gasteiger partial charge in [-0.15, -0.1) is 0 Å². The molecule has 0 unspecified atom stereocenters. The summed E-state index contributed by atoms with van der Waals surface area (Å²) in [5.74, 6) is 1.22. The van der Waals surface area contributed by atoms with Gasteiger partial charge in [-0.25, -0.2) is 9.97 Å². The number of pyridine rings is 2. The van der Waals surface area contributed by atoms with Crippen molar-refractivity contribution in [1.82, 2.24) is 15.3 Å². The Kier molecular flexibility index (Phi) is 5.98. The van der Waals surface area contributed by atoms with Gasteiger partial charge in [-0.1, -0.05) is 6.07 Å². The largest absolute Gasteiger partial charge is 0.472 e. The van der Waals surface area contributed by atoms with Crippen molar-refractivity contribution in [1.29, 1.82) is 0 Å². The standard InChI is InChI=1S/C20H24N4O4/c25-20(16-3-4-18(22-13-16)28-17-5-9-27-14-17)23-12-15-2-1-6-21-19(15)24-7-10-26-11-8-24/h1-4,6,13,17H,5,7-12,14H2,(H,23,25)/t17-/m0/s1. The molecule has 2 aromatic rings. The quantitative estimate of drug-likeness (QED) is 0.806. The van der Waals surface area contributed by atoms with E-state index >= 15 is 0 Å². The molecule has 0 aromatic carbocycles. The lowest BCUT2D eigenvalue weighted by Crippen LogP contribution is -2.37. The number of carbonyl (C=O) groups excluding carboxylic acids is 1. The van der Waals surface area contributed by atoms with E-state index in [4.69, 9.17) is 14.2 Å². The molecular weight excluding hydrogens is 360 g/mol. The molecule has 0 saturated carbocycles. The van der Waals surface area contributed by atoms with Crippen LogP contribution in [0, 0.1) is 0 Å². The van der Waals surface area contributed by atoms with Crippen LogP contribution in [0.2, 0.25) is 0 Å². The van der Waals surface area contributed by atoms with Crippen LogP contribution in [0.25, 0.3) is 0 Å². The third kappa shape index (κ3) is 4.58. The Bertz CT molecular complexity index is 787. The van der Waals surface area contributed by atoms with Crippen LogP contribution in [0.4, 0.5) is 5.82 Å². The number of ether oxygens (including phenoxy) is 3. The van der Waals surface area contributed by atoms with Gasteiger partial charge in [-0.05, 0) is 12.1 Å². The van der Waals surface area contributed by atoms with E-state index in [0.717, 1.165) is 30.9 Å². The summed E-state index contributed by atoms with van der Waals surface area (Å²) in [5, 5.41) is 2.95. The van der Waals surface area contributed by atoms with Gasteiger partial charge in [0.05, 0.1) is 32.0 Å². The molecule has 2 aliphatic heterocycles. The molecule has 8 nitrogen and oxygen atoms in total. The van der Waals surface area contributed by atoms with E-state index in [9.17, 15) is 4.79 Å². The van der Waals surface area contributed by atoms with E-state index in [1.54, 1.807) is 18.3 Å². The Labute approximate surface area is 163 Å². The molecule has 2 aromatic heterocycles. The molecule has 1 amide bonds. The number of morpholine rings is 1. The van der Waals surface area contributed by atoms with Crippen molar-refractivity contribution in [3.63, 3.8) is 0 Å². The lowest BCUT2D eigenvalue weighted by molar-refractivity contribution is 0.0950. The zero-order chi connectivity index (χ0) is 19.2. The normalized spacial score (nSPS) is 19.4. The van der Waals surface area contributed by atoms with Crippen molar-refractivity contribution in [2.45, 2.75) is 19.1 Å². The highest BCUT2D eigenvalue weighted by molar-refractivity contribution is 5.93. The summed E-state index contributed by atoms with van der Waals surface area (Å²) in [6, 6.07) is 7.30. The summed E-state index contributed by atoms with van der Waals surface area (Å²) in [4.78, 5) is 23.4. The van der Waals surface area contributed by atoms with Crippen LogP contribution in [-0.4, -0.2) is 61.5 Å². The summed E-state index contributed by atoms with van der Waals surface area (Å²) in [7, 11) is 0. The Balaban J connectivity index is 1.35. The number of nitrogens with zero attached hydrogens (tertiary/aromatic N) is 3. The van der Waals surface area contributed by atoms with E-state index in [0.29, 0.717) is 44.4 Å². The van der Waals surface area contributed by atoms with E-state index in [1.165, 1.54) is 6.20 Å². The maximum atomic E-state index is 12.5. The van der Waals surface area contributed by atoms with Crippen molar-refractivity contribution in [2.75, 3.05) is 44.4 Å². The maximum Gasteiger partial charge on any atom is 0.253 e. The fourth-order valence-corrected chi connectivity index (χ4v) is 3.27. The number of hydrogen-bond acceptors (Lipinski definition) is 7. The number of nitrogens with one attached hydrogen (secondary N) is 1. The van der Waals surface area contributed by atoms with Crippen molar-refractivity contribution in [3.05, 3.63) is 47.8 Å². The molecule has 148 valence electrons. The summed E-state index contributed by atoms with van der Waals surface area (Å²) >= 11 is 0. The lowest BCUT2D eigenvalue weighted by atomic mass is 10.2. The van der Waals surface area contributed by atoms with Crippen LogP contribution in [-0.2, 0) is 16.0 Å². The molecule has 2 aliphatic rings. The molecule has 1 atom stereocenters. The van der Waals surface area contributed by atoms with E-state index in [1.807, 2.05) is 12.1 Å². The fourth-order valence-electron chi connectivity index (χ4n) is 3.27. The Hall–Kier alpha value is -2.71. The van der Waals surface area contributed by atoms with Gasteiger partial charge < -0.3 is 24.4 Å². The molecule has 8 heteroatoms. The minimum Gasteiger partial charge on any atom is -0.472 e. The van der Waals surface area contributed by atoms with Gasteiger partial charge in [0.1, 0.15) is 11.9 Å². The molecule has 0 aliphatic carbocycles. The highest BCUT2D eigenvalue weighted by atomic mass is 16.5. The van der Waals surface area contributed by atoms with E-state index < -0.39 is 0 Å². The smallest absolute Gasteiger partial charge is 0.253 e. The minimum absolute atomic E-state index is 0.0383. The Morgan fingerprint density at radius 3 is 2.82 bits per heavy atom. The van der Waals surface area contributed by atoms with Crippen molar-refractivity contribution in [2.24, 2.45) is 0 Å². The second-order valence-corrected chi connectivity index (χ2v) is 6.76. The second-order valence-electron chi connectivity index (χ2n) is 6.76. The second kappa shape index (κ2) is 8.99. The molecule has 0 bridgehead atoms. The Morgan fingerprint density at radius 1 is 1.18 bits per heavy atom. The molecule has 0 spiro atoms. The van der Waals surface area contributed by atoms with Crippen LogP contribution in [0.3, 0.4) is 0 Å². The highest BCUT2D eigenvalue weighted by Gasteiger charge is 2.18. The number of anilines is 1. The fraction of sp³-hybridized carbons (Fsp3) is 0.450. The van der Waals surface area contributed by atoms with Crippen molar-refractivity contribution < 1.29 is 19.0 Å². The number of amides is 1. The monoisotopic (exact) mass is 384 g/mol. The van der Waals surface area contributed by atoms with Gasteiger partial charge >= 0.3 is 0 Å². The Morgan fingerprint density at radius 2 is 2.07 bits per heavy atom. The summed E-state index contributed by atoms with van der Waals surface area (Å²) < 4.78 is 16.4. The van der Waals surface area contributed by atoms with Gasteiger partial charge in [0.25, 0.3) is 5.91 Å². The predicted molar refractivity (Wildman–Crippen MR) is 103 cm³/mol. The number of aromatic nitrogens is 2. The lowest BCUT2D eigenvalue weighted by Gasteiger charge is -2.29. The molecule has 1 N–H and O–H groups in total. The third-order valence-corrected chi connectivity index (χ3v) is 4.79. The number of rotatable bonds is 6. The topological polar surface area (TPSA) is 85.8 Å². The zero-order valence-electron chi connectivity index (χ0n) is 15.7. The van der Waals surface area contributed by atoms with E-state index in [2.05, 4.69) is 20.2 Å². The number of hydrogen-bond donors (Lipinski definition) is 1. The van der Waals surface area contributed by atoms with Crippen LogP contribution < -0.4 is 15.0 Å². The van der Waals surface area contributed by atoms with E-state index in [-0.39, 0.29) is 12.0 Å². The summed E-state index contributed by atoms with van der Waals surface area (Å²) in [5.41, 5.74) is 1.47. The molecule has 28 heavy (non-hydrogen) atoms. The summed E-state index contributed by atoms with van der Waals surface area (Å²) in [6.07, 6.45) is 4.21. The molecule has 2 saturated heterocycles. The van der Waals surface area contributed by atoms with Gasteiger partial charge in [-0.2, -0.15) is 0 Å². The minimum atomic E-state index is -0.181. The van der Waals surface area contributed by atoms with Gasteiger partial charge in [0, 0.05) is 50.1 Å². The van der Waals surface area contributed by atoms with Gasteiger partial charge in [-0.3, -0.25) is 4.79 Å². The first-order chi connectivity index (χ1) is 13.8. The first-order valence-corrected chi connectivity index (χ1v) is 9.55. The van der Waals surface area contributed by atoms with Crippen LogP contribution in [0.1, 0.15) is 22.3 Å². The molecule has 0 radical (unpaired) electrons. The van der Waals surface area contributed by atoms with Gasteiger partial charge in [0.15, 0.2) is 0 Å². The van der Waals surface area contributed by atoms with Gasteiger partial charge in [0.2, 0.25) is 5.88 Å². The van der Waals surface area contributed by atoms with Crippen molar-refractivity contribution >= 4 is 11.7 Å². The first-order valence-electron chi connectivity index (χ1n) is 9.55. The predicted octanol–water partition coefficient (Wildman–Crippen LogP) is 1.41. The number of carbonyl (C=O) groups is 1. The maximum absolute atomic E-state index is 12.5. The highest BCUT2D eigenvalue weighted by Crippen LogP contribution is 2.19. The summed E-state index contributed by atoms with van der Waals surface area (Å²) in [6.45, 7) is 4.68. The molecule has 4 rings (SSSR count). The average molecular weight is 384 g/mol. The van der Waals surface area contributed by atoms with Crippen LogP contribution in [0.15, 0.2) is 36.7 Å². The zero-order valence-corrected chi connectivity index (χ0v) is 15.7. The van der Waals surface area contributed by atoms with Crippen LogP contribution >= 0.6 is 0 Å².